The van der Waals surface area contributed by atoms with Gasteiger partial charge in [-0.2, -0.15) is 5.10 Å². The number of aromatic nitrogens is 3. The van der Waals surface area contributed by atoms with Crippen LogP contribution in [0.25, 0.3) is 5.69 Å². The molecule has 1 aromatic heterocycles. The lowest BCUT2D eigenvalue weighted by atomic mass is 10.2. The van der Waals surface area contributed by atoms with Crippen molar-refractivity contribution in [2.45, 2.75) is 26.7 Å². The zero-order valence-electron chi connectivity index (χ0n) is 9.99. The lowest BCUT2D eigenvalue weighted by molar-refractivity contribution is 0.744. The second-order valence-electron chi connectivity index (χ2n) is 4.36. The zero-order valence-corrected chi connectivity index (χ0v) is 12.4. The van der Waals surface area contributed by atoms with Gasteiger partial charge in [-0.15, -0.1) is 0 Å². The minimum Gasteiger partial charge on any atom is -0.272 e. The summed E-state index contributed by atoms with van der Waals surface area (Å²) >= 11 is 8.80. The lowest BCUT2D eigenvalue weighted by Gasteiger charge is -2.10. The molecule has 0 amide bonds. The molecule has 1 aromatic carbocycles. The second-order valence-corrected chi connectivity index (χ2v) is 5.67. The Morgan fingerprint density at radius 3 is 2.65 bits per heavy atom. The van der Waals surface area contributed by atoms with E-state index in [0.29, 0.717) is 10.7 Å². The van der Waals surface area contributed by atoms with Gasteiger partial charge in [0.2, 0.25) is 0 Å². The Hall–Kier alpha value is -0.940. The van der Waals surface area contributed by atoms with Crippen LogP contribution < -0.4 is 0 Å². The summed E-state index contributed by atoms with van der Waals surface area (Å²) in [6, 6.07) is 6.22. The molecule has 0 fully saturated rings. The molecule has 0 saturated heterocycles. The van der Waals surface area contributed by atoms with Crippen LogP contribution in [-0.4, -0.2) is 14.8 Å². The largest absolute Gasteiger partial charge is 0.272 e. The van der Waals surface area contributed by atoms with Gasteiger partial charge in [0.1, 0.15) is 5.82 Å². The van der Waals surface area contributed by atoms with Gasteiger partial charge in [-0.05, 0) is 42.9 Å². The molecule has 0 aliphatic carbocycles. The van der Waals surface area contributed by atoms with E-state index < -0.39 is 0 Å². The number of aromatic amines is 1. The molecule has 0 saturated carbocycles. The van der Waals surface area contributed by atoms with E-state index in [9.17, 15) is 0 Å². The molecular weight excluding hydrogens is 298 g/mol. The number of aryl methyl sites for hydroxylation is 1. The van der Waals surface area contributed by atoms with E-state index in [4.69, 9.17) is 12.2 Å². The van der Waals surface area contributed by atoms with Crippen LogP contribution in [0.2, 0.25) is 0 Å². The highest BCUT2D eigenvalue weighted by atomic mass is 79.9. The fraction of sp³-hybridized carbons (Fsp3) is 0.333. The molecule has 17 heavy (non-hydrogen) atoms. The van der Waals surface area contributed by atoms with Gasteiger partial charge in [-0.1, -0.05) is 29.8 Å². The van der Waals surface area contributed by atoms with Crippen molar-refractivity contribution in [3.05, 3.63) is 38.8 Å². The maximum Gasteiger partial charge on any atom is 0.199 e. The Balaban J connectivity index is 2.67. The standard InChI is InChI=1S/C12H14BrN3S/c1-7(2)11-14-15-12(17)16(11)10-5-8(3)4-9(13)6-10/h4-7H,1-3H3,(H,15,17). The normalized spacial score (nSPS) is 11.1. The van der Waals surface area contributed by atoms with Crippen LogP contribution in [0.4, 0.5) is 0 Å². The maximum atomic E-state index is 5.29. The van der Waals surface area contributed by atoms with Crippen LogP contribution in [0.15, 0.2) is 22.7 Å². The number of H-pyrrole nitrogens is 1. The number of rotatable bonds is 2. The van der Waals surface area contributed by atoms with Crippen LogP contribution in [0.3, 0.4) is 0 Å². The third-order valence-electron chi connectivity index (χ3n) is 2.50. The third-order valence-corrected chi connectivity index (χ3v) is 3.23. The first-order valence-corrected chi connectivity index (χ1v) is 6.64. The topological polar surface area (TPSA) is 33.6 Å². The van der Waals surface area contributed by atoms with Gasteiger partial charge < -0.3 is 0 Å². The highest BCUT2D eigenvalue weighted by Crippen LogP contribution is 2.22. The summed E-state index contributed by atoms with van der Waals surface area (Å²) in [5, 5.41) is 7.14. The van der Waals surface area contributed by atoms with Crippen LogP contribution >= 0.6 is 28.1 Å². The summed E-state index contributed by atoms with van der Waals surface area (Å²) < 4.78 is 3.66. The summed E-state index contributed by atoms with van der Waals surface area (Å²) in [6.07, 6.45) is 0. The second kappa shape index (κ2) is 4.74. The molecule has 90 valence electrons. The molecule has 0 aliphatic heterocycles. The van der Waals surface area contributed by atoms with Crippen molar-refractivity contribution in [1.82, 2.24) is 14.8 Å². The monoisotopic (exact) mass is 311 g/mol. The first kappa shape index (κ1) is 12.5. The molecule has 3 nitrogen and oxygen atoms in total. The smallest absolute Gasteiger partial charge is 0.199 e. The van der Waals surface area contributed by atoms with Crippen molar-refractivity contribution < 1.29 is 0 Å². The van der Waals surface area contributed by atoms with E-state index in [2.05, 4.69) is 59.0 Å². The molecule has 1 heterocycles. The average Bonchev–Trinajstić information content (AvgIpc) is 2.58. The summed E-state index contributed by atoms with van der Waals surface area (Å²) in [6.45, 7) is 6.27. The fourth-order valence-corrected chi connectivity index (χ4v) is 2.63. The number of benzene rings is 1. The average molecular weight is 312 g/mol. The van der Waals surface area contributed by atoms with E-state index in [-0.39, 0.29) is 0 Å². The first-order chi connectivity index (χ1) is 7.99. The molecule has 1 N–H and O–H groups in total. The van der Waals surface area contributed by atoms with Gasteiger partial charge in [-0.25, -0.2) is 0 Å². The van der Waals surface area contributed by atoms with Gasteiger partial charge in [0.25, 0.3) is 0 Å². The minimum absolute atomic E-state index is 0.322. The van der Waals surface area contributed by atoms with Crippen molar-refractivity contribution in [3.63, 3.8) is 0 Å². The molecule has 0 radical (unpaired) electrons. The van der Waals surface area contributed by atoms with Crippen LogP contribution in [0.5, 0.6) is 0 Å². The van der Waals surface area contributed by atoms with Gasteiger partial charge in [0.05, 0.1) is 5.69 Å². The van der Waals surface area contributed by atoms with E-state index in [1.807, 2.05) is 10.6 Å². The van der Waals surface area contributed by atoms with E-state index >= 15 is 0 Å². The highest BCUT2D eigenvalue weighted by molar-refractivity contribution is 9.10. The summed E-state index contributed by atoms with van der Waals surface area (Å²) in [7, 11) is 0. The van der Waals surface area contributed by atoms with Gasteiger partial charge in [0, 0.05) is 10.4 Å². The predicted octanol–water partition coefficient (Wildman–Crippen LogP) is 4.12. The number of halogens is 1. The molecule has 0 aliphatic rings. The van der Waals surface area contributed by atoms with Gasteiger partial charge >= 0.3 is 0 Å². The Morgan fingerprint density at radius 2 is 2.06 bits per heavy atom. The van der Waals surface area contributed by atoms with Crippen molar-refractivity contribution in [2.75, 3.05) is 0 Å². The minimum atomic E-state index is 0.322. The molecule has 0 bridgehead atoms. The highest BCUT2D eigenvalue weighted by Gasteiger charge is 2.12. The molecule has 0 unspecified atom stereocenters. The maximum absolute atomic E-state index is 5.29. The number of nitrogens with one attached hydrogen (secondary N) is 1. The Bertz CT molecular complexity index is 578. The quantitative estimate of drug-likeness (QED) is 0.846. The number of nitrogens with zero attached hydrogens (tertiary/aromatic N) is 2. The lowest BCUT2D eigenvalue weighted by Crippen LogP contribution is -2.03. The van der Waals surface area contributed by atoms with E-state index in [1.54, 1.807) is 0 Å². The Labute approximate surface area is 114 Å². The van der Waals surface area contributed by atoms with Crippen molar-refractivity contribution in [2.24, 2.45) is 0 Å². The molecule has 5 heteroatoms. The van der Waals surface area contributed by atoms with Crippen molar-refractivity contribution in [1.29, 1.82) is 0 Å². The molecular formula is C12H14BrN3S. The van der Waals surface area contributed by atoms with E-state index in [0.717, 1.165) is 16.0 Å². The Morgan fingerprint density at radius 1 is 1.35 bits per heavy atom. The summed E-state index contributed by atoms with van der Waals surface area (Å²) in [5.41, 5.74) is 2.23. The van der Waals surface area contributed by atoms with Crippen LogP contribution in [-0.2, 0) is 0 Å². The van der Waals surface area contributed by atoms with Crippen LogP contribution in [0, 0.1) is 11.7 Å². The molecule has 2 aromatic rings. The Kier molecular flexibility index (Phi) is 3.49. The fourth-order valence-electron chi connectivity index (χ4n) is 1.79. The van der Waals surface area contributed by atoms with Gasteiger partial charge in [0.15, 0.2) is 4.77 Å². The predicted molar refractivity (Wildman–Crippen MR) is 75.3 cm³/mol. The zero-order chi connectivity index (χ0) is 12.6. The van der Waals surface area contributed by atoms with Crippen molar-refractivity contribution >= 4 is 28.1 Å². The summed E-state index contributed by atoms with van der Waals surface area (Å²) in [4.78, 5) is 0. The molecule has 0 spiro atoms. The summed E-state index contributed by atoms with van der Waals surface area (Å²) in [5.74, 6) is 1.27. The van der Waals surface area contributed by atoms with Crippen LogP contribution in [0.1, 0.15) is 31.2 Å². The van der Waals surface area contributed by atoms with Gasteiger partial charge in [-0.3, -0.25) is 9.67 Å². The SMILES string of the molecule is Cc1cc(Br)cc(-n2c(C(C)C)n[nH]c2=S)c1. The first-order valence-electron chi connectivity index (χ1n) is 5.44. The molecule has 0 atom stereocenters. The number of hydrogen-bond donors (Lipinski definition) is 1. The number of hydrogen-bond acceptors (Lipinski definition) is 2. The third kappa shape index (κ3) is 2.50. The van der Waals surface area contributed by atoms with E-state index in [1.165, 1.54) is 5.56 Å². The molecule has 2 rings (SSSR count). The van der Waals surface area contributed by atoms with Crippen molar-refractivity contribution in [3.8, 4) is 5.69 Å².